The van der Waals surface area contributed by atoms with E-state index in [1.165, 1.54) is 43.9 Å². The van der Waals surface area contributed by atoms with E-state index in [0.717, 1.165) is 17.7 Å². The molecule has 1 aromatic carbocycles. The molecule has 0 bridgehead atoms. The number of thioether (sulfide) groups is 1. The van der Waals surface area contributed by atoms with Crippen LogP contribution in [0.4, 0.5) is 0 Å². The molecule has 1 N–H and O–H groups in total. The summed E-state index contributed by atoms with van der Waals surface area (Å²) >= 11 is 7.39. The third kappa shape index (κ3) is 2.58. The fourth-order valence-electron chi connectivity index (χ4n) is 3.81. The van der Waals surface area contributed by atoms with Gasteiger partial charge in [-0.05, 0) is 55.4 Å². The summed E-state index contributed by atoms with van der Waals surface area (Å²) in [7, 11) is 0. The van der Waals surface area contributed by atoms with E-state index < -0.39 is 10.7 Å². The number of rotatable bonds is 3. The topological polar surface area (TPSA) is 37.3 Å². The Morgan fingerprint density at radius 2 is 1.70 bits per heavy atom. The van der Waals surface area contributed by atoms with Crippen molar-refractivity contribution in [3.63, 3.8) is 0 Å². The number of hydrogen-bond donors (Lipinski definition) is 1. The number of halogens is 1. The van der Waals surface area contributed by atoms with E-state index in [2.05, 4.69) is 0 Å². The first-order chi connectivity index (χ1) is 9.54. The lowest BCUT2D eigenvalue weighted by atomic mass is 9.55. The number of aliphatic carboxylic acids is 1. The lowest BCUT2D eigenvalue weighted by Crippen LogP contribution is -2.55. The first-order valence-electron chi connectivity index (χ1n) is 7.22. The molecule has 4 heteroatoms. The zero-order valence-corrected chi connectivity index (χ0v) is 13.0. The van der Waals surface area contributed by atoms with Crippen molar-refractivity contribution >= 4 is 29.3 Å². The van der Waals surface area contributed by atoms with Gasteiger partial charge in [-0.15, -0.1) is 11.8 Å². The Hall–Kier alpha value is -0.670. The van der Waals surface area contributed by atoms with Crippen LogP contribution in [0.2, 0.25) is 5.02 Å². The Labute approximate surface area is 128 Å². The van der Waals surface area contributed by atoms with Gasteiger partial charge in [-0.25, -0.2) is 0 Å². The third-order valence-corrected chi connectivity index (χ3v) is 6.37. The standard InChI is InChI=1S/C16H19ClO2S/c17-12-4-6-13(7-5-12)20-16(14(18)19)10-15(11-16)8-2-1-3-9-15/h4-7H,1-3,8-11H2,(H,18,19). The van der Waals surface area contributed by atoms with Crippen molar-refractivity contribution in [2.75, 3.05) is 0 Å². The maximum absolute atomic E-state index is 11.8. The lowest BCUT2D eigenvalue weighted by Gasteiger charge is -2.55. The number of carboxylic acid groups (broad SMARTS) is 1. The van der Waals surface area contributed by atoms with Gasteiger partial charge in [0.15, 0.2) is 0 Å². The molecule has 3 rings (SSSR count). The predicted octanol–water partition coefficient (Wildman–Crippen LogP) is 5.00. The molecule has 1 spiro atoms. The summed E-state index contributed by atoms with van der Waals surface area (Å²) in [6.45, 7) is 0. The first-order valence-corrected chi connectivity index (χ1v) is 8.41. The van der Waals surface area contributed by atoms with Crippen molar-refractivity contribution in [3.05, 3.63) is 29.3 Å². The van der Waals surface area contributed by atoms with Crippen LogP contribution >= 0.6 is 23.4 Å². The summed E-state index contributed by atoms with van der Waals surface area (Å²) in [5.41, 5.74) is 0.316. The van der Waals surface area contributed by atoms with Crippen molar-refractivity contribution in [3.8, 4) is 0 Å². The average molecular weight is 311 g/mol. The summed E-state index contributed by atoms with van der Waals surface area (Å²) in [6.07, 6.45) is 7.91. The van der Waals surface area contributed by atoms with E-state index in [-0.39, 0.29) is 0 Å². The molecule has 1 aromatic rings. The minimum absolute atomic E-state index is 0.316. The van der Waals surface area contributed by atoms with Crippen LogP contribution in [-0.2, 0) is 4.79 Å². The molecule has 0 heterocycles. The van der Waals surface area contributed by atoms with Crippen molar-refractivity contribution in [2.45, 2.75) is 54.6 Å². The highest BCUT2D eigenvalue weighted by Gasteiger charge is 2.59. The van der Waals surface area contributed by atoms with Gasteiger partial charge in [0.1, 0.15) is 4.75 Å². The molecule has 2 aliphatic rings. The van der Waals surface area contributed by atoms with Gasteiger partial charge >= 0.3 is 5.97 Å². The average Bonchev–Trinajstić information content (AvgIpc) is 2.40. The molecule has 2 saturated carbocycles. The molecule has 0 saturated heterocycles. The SMILES string of the molecule is O=C(O)C1(Sc2ccc(Cl)cc2)CC2(CCCCC2)C1. The van der Waals surface area contributed by atoms with Gasteiger partial charge < -0.3 is 5.11 Å². The van der Waals surface area contributed by atoms with Crippen molar-refractivity contribution in [1.29, 1.82) is 0 Å². The Morgan fingerprint density at radius 1 is 1.10 bits per heavy atom. The van der Waals surface area contributed by atoms with Gasteiger partial charge in [0.2, 0.25) is 0 Å². The molecule has 0 atom stereocenters. The number of benzene rings is 1. The fraction of sp³-hybridized carbons (Fsp3) is 0.562. The van der Waals surface area contributed by atoms with Crippen LogP contribution in [0.15, 0.2) is 29.2 Å². The van der Waals surface area contributed by atoms with Crippen LogP contribution in [-0.4, -0.2) is 15.8 Å². The van der Waals surface area contributed by atoms with E-state index in [9.17, 15) is 9.90 Å². The summed E-state index contributed by atoms with van der Waals surface area (Å²) in [4.78, 5) is 12.8. The van der Waals surface area contributed by atoms with E-state index in [0.29, 0.717) is 10.4 Å². The minimum Gasteiger partial charge on any atom is -0.480 e. The molecule has 2 fully saturated rings. The van der Waals surface area contributed by atoms with Gasteiger partial charge in [-0.2, -0.15) is 0 Å². The van der Waals surface area contributed by atoms with E-state index in [1.807, 2.05) is 24.3 Å². The Kier molecular flexibility index (Phi) is 3.76. The van der Waals surface area contributed by atoms with Crippen molar-refractivity contribution in [2.24, 2.45) is 5.41 Å². The Morgan fingerprint density at radius 3 is 2.25 bits per heavy atom. The maximum Gasteiger partial charge on any atom is 0.320 e. The normalized spacial score (nSPS) is 23.2. The first kappa shape index (κ1) is 14.3. The molecule has 0 radical (unpaired) electrons. The zero-order chi connectivity index (χ0) is 14.2. The monoisotopic (exact) mass is 310 g/mol. The van der Waals surface area contributed by atoms with Gasteiger partial charge in [-0.3, -0.25) is 4.79 Å². The Balaban J connectivity index is 1.74. The zero-order valence-electron chi connectivity index (χ0n) is 11.4. The highest BCUT2D eigenvalue weighted by molar-refractivity contribution is 8.01. The minimum atomic E-state index is -0.659. The van der Waals surface area contributed by atoms with Gasteiger partial charge in [-0.1, -0.05) is 30.9 Å². The molecule has 0 unspecified atom stereocenters. The second kappa shape index (κ2) is 5.27. The van der Waals surface area contributed by atoms with Crippen LogP contribution in [0.3, 0.4) is 0 Å². The maximum atomic E-state index is 11.8. The van der Waals surface area contributed by atoms with Gasteiger partial charge in [0, 0.05) is 9.92 Å². The predicted molar refractivity (Wildman–Crippen MR) is 82.4 cm³/mol. The highest BCUT2D eigenvalue weighted by atomic mass is 35.5. The van der Waals surface area contributed by atoms with Crippen LogP contribution < -0.4 is 0 Å². The van der Waals surface area contributed by atoms with E-state index in [1.54, 1.807) is 0 Å². The molecule has 0 amide bonds. The fourth-order valence-corrected chi connectivity index (χ4v) is 5.50. The molecule has 0 aliphatic heterocycles. The molecule has 2 nitrogen and oxygen atoms in total. The lowest BCUT2D eigenvalue weighted by molar-refractivity contribution is -0.147. The van der Waals surface area contributed by atoms with Crippen molar-refractivity contribution < 1.29 is 9.90 Å². The molecular weight excluding hydrogens is 292 g/mol. The summed E-state index contributed by atoms with van der Waals surface area (Å²) in [5, 5.41) is 10.4. The molecule has 0 aromatic heterocycles. The van der Waals surface area contributed by atoms with E-state index in [4.69, 9.17) is 11.6 Å². The van der Waals surface area contributed by atoms with Crippen LogP contribution in [0.1, 0.15) is 44.9 Å². The largest absolute Gasteiger partial charge is 0.480 e. The highest BCUT2D eigenvalue weighted by Crippen LogP contribution is 2.63. The number of carbonyl (C=O) groups is 1. The molecular formula is C16H19ClO2S. The Bertz CT molecular complexity index is 498. The number of hydrogen-bond acceptors (Lipinski definition) is 2. The summed E-state index contributed by atoms with van der Waals surface area (Å²) < 4.78 is -0.620. The van der Waals surface area contributed by atoms with Crippen LogP contribution in [0.5, 0.6) is 0 Å². The second-order valence-electron chi connectivity index (χ2n) is 6.27. The smallest absolute Gasteiger partial charge is 0.320 e. The quantitative estimate of drug-likeness (QED) is 0.853. The molecule has 20 heavy (non-hydrogen) atoms. The van der Waals surface area contributed by atoms with Crippen molar-refractivity contribution in [1.82, 2.24) is 0 Å². The van der Waals surface area contributed by atoms with Gasteiger partial charge in [0.25, 0.3) is 0 Å². The second-order valence-corrected chi connectivity index (χ2v) is 8.16. The van der Waals surface area contributed by atoms with Gasteiger partial charge in [0.05, 0.1) is 0 Å². The summed E-state index contributed by atoms with van der Waals surface area (Å²) in [5.74, 6) is -0.659. The van der Waals surface area contributed by atoms with E-state index >= 15 is 0 Å². The molecule has 108 valence electrons. The number of carboxylic acids is 1. The molecule has 2 aliphatic carbocycles. The van der Waals surface area contributed by atoms with Crippen LogP contribution in [0, 0.1) is 5.41 Å². The third-order valence-electron chi connectivity index (χ3n) is 4.75. The summed E-state index contributed by atoms with van der Waals surface area (Å²) in [6, 6.07) is 7.50. The van der Waals surface area contributed by atoms with Crippen LogP contribution in [0.25, 0.3) is 0 Å².